The van der Waals surface area contributed by atoms with Crippen LogP contribution in [0.25, 0.3) is 5.82 Å². The maximum atomic E-state index is 13.1. The van der Waals surface area contributed by atoms with Crippen molar-refractivity contribution in [1.82, 2.24) is 35.6 Å². The summed E-state index contributed by atoms with van der Waals surface area (Å²) in [5.74, 6) is 0.260. The Bertz CT molecular complexity index is 1330. The maximum Gasteiger partial charge on any atom is 0.293 e. The van der Waals surface area contributed by atoms with Crippen molar-refractivity contribution in [1.29, 1.82) is 0 Å². The molecule has 5 rings (SSSR count). The van der Waals surface area contributed by atoms with E-state index in [1.807, 2.05) is 6.07 Å². The van der Waals surface area contributed by atoms with Crippen LogP contribution >= 0.6 is 0 Å². The van der Waals surface area contributed by atoms with Gasteiger partial charge in [0.25, 0.3) is 5.91 Å². The standard InChI is InChI=1S/C24H29N9O4/c1-14-5-3-4-8-32(14)13-19-21(27-31-33(19)23-22(25)29-37-30-23)24(35)28-26-12-15-9-16-11-17(36-2)6-7-18(16)20(34)10-15/h6-7,11-12,14-15H,3-5,8-10,13H2,1-2H3,(H2,25,29)(H,28,35)/b26-12+/t14-,15-/m1/s1. The summed E-state index contributed by atoms with van der Waals surface area (Å²) in [6.45, 7) is 3.46. The number of hydrogen-bond acceptors (Lipinski definition) is 11. The highest BCUT2D eigenvalue weighted by atomic mass is 16.6. The SMILES string of the molecule is COc1ccc2c(c1)C[C@@H](/C=N/NC(=O)c1nnn(-c3nonc3N)c1CN1CCCC[C@H]1C)CC2=O. The van der Waals surface area contributed by atoms with Gasteiger partial charge in [-0.2, -0.15) is 9.78 Å². The number of anilines is 1. The highest BCUT2D eigenvalue weighted by Gasteiger charge is 2.28. The minimum atomic E-state index is -0.526. The van der Waals surface area contributed by atoms with Gasteiger partial charge in [0, 0.05) is 36.7 Å². The molecule has 0 saturated carbocycles. The first kappa shape index (κ1) is 24.6. The van der Waals surface area contributed by atoms with Crippen LogP contribution in [0.5, 0.6) is 5.75 Å². The van der Waals surface area contributed by atoms with E-state index in [0.717, 1.165) is 31.4 Å². The number of hydrazone groups is 1. The van der Waals surface area contributed by atoms with Crippen LogP contribution in [0.2, 0.25) is 0 Å². The van der Waals surface area contributed by atoms with E-state index in [4.69, 9.17) is 15.1 Å². The molecule has 1 aliphatic carbocycles. The monoisotopic (exact) mass is 507 g/mol. The molecule has 1 saturated heterocycles. The Morgan fingerprint density at radius 2 is 2.19 bits per heavy atom. The Balaban J connectivity index is 1.33. The number of nitrogens with one attached hydrogen (secondary N) is 1. The van der Waals surface area contributed by atoms with Gasteiger partial charge in [-0.3, -0.25) is 14.5 Å². The van der Waals surface area contributed by atoms with Crippen LogP contribution in [-0.2, 0) is 13.0 Å². The molecule has 1 aromatic carbocycles. The summed E-state index contributed by atoms with van der Waals surface area (Å²) in [4.78, 5) is 27.9. The number of nitrogen functional groups attached to an aromatic ring is 1. The van der Waals surface area contributed by atoms with Crippen LogP contribution in [0.1, 0.15) is 64.7 Å². The van der Waals surface area contributed by atoms with Crippen molar-refractivity contribution in [3.05, 3.63) is 40.7 Å². The van der Waals surface area contributed by atoms with Gasteiger partial charge in [0.15, 0.2) is 11.5 Å². The Kier molecular flexibility index (Phi) is 6.95. The van der Waals surface area contributed by atoms with Crippen LogP contribution in [0, 0.1) is 5.92 Å². The molecule has 13 heteroatoms. The maximum absolute atomic E-state index is 13.1. The fourth-order valence-electron chi connectivity index (χ4n) is 4.91. The highest BCUT2D eigenvalue weighted by molar-refractivity contribution is 6.00. The number of ketones is 1. The predicted octanol–water partition coefficient (Wildman–Crippen LogP) is 1.78. The average Bonchev–Trinajstić information content (AvgIpc) is 3.50. The number of nitrogens with two attached hydrogens (primary N) is 1. The summed E-state index contributed by atoms with van der Waals surface area (Å²) in [5.41, 5.74) is 10.6. The average molecular weight is 508 g/mol. The van der Waals surface area contributed by atoms with Crippen LogP contribution in [-0.4, -0.2) is 67.8 Å². The molecule has 194 valence electrons. The van der Waals surface area contributed by atoms with E-state index >= 15 is 0 Å². The molecule has 1 fully saturated rings. The van der Waals surface area contributed by atoms with E-state index in [-0.39, 0.29) is 29.0 Å². The summed E-state index contributed by atoms with van der Waals surface area (Å²) < 4.78 is 11.4. The first-order chi connectivity index (χ1) is 17.9. The number of rotatable bonds is 7. The molecule has 1 aliphatic heterocycles. The topological polar surface area (TPSA) is 167 Å². The largest absolute Gasteiger partial charge is 0.497 e. The quantitative estimate of drug-likeness (QED) is 0.355. The van der Waals surface area contributed by atoms with Gasteiger partial charge < -0.3 is 10.5 Å². The van der Waals surface area contributed by atoms with Crippen molar-refractivity contribution in [2.75, 3.05) is 19.4 Å². The number of ether oxygens (including phenoxy) is 1. The minimum Gasteiger partial charge on any atom is -0.497 e. The number of fused-ring (bicyclic) bond motifs is 1. The smallest absolute Gasteiger partial charge is 0.293 e. The molecular weight excluding hydrogens is 478 g/mol. The third kappa shape index (κ3) is 5.07. The summed E-state index contributed by atoms with van der Waals surface area (Å²) in [7, 11) is 1.59. The molecule has 3 N–H and O–H groups in total. The van der Waals surface area contributed by atoms with Gasteiger partial charge >= 0.3 is 0 Å². The van der Waals surface area contributed by atoms with Gasteiger partial charge in [-0.1, -0.05) is 11.6 Å². The number of methoxy groups -OCH3 is 1. The van der Waals surface area contributed by atoms with Crippen LogP contribution in [0.4, 0.5) is 5.82 Å². The first-order valence-electron chi connectivity index (χ1n) is 12.2. The molecule has 1 amide bonds. The number of nitrogens with zero attached hydrogens (tertiary/aromatic N) is 7. The summed E-state index contributed by atoms with van der Waals surface area (Å²) in [6.07, 6.45) is 5.82. The van der Waals surface area contributed by atoms with Gasteiger partial charge in [0.2, 0.25) is 11.6 Å². The van der Waals surface area contributed by atoms with Crippen LogP contribution < -0.4 is 15.9 Å². The third-order valence-corrected chi connectivity index (χ3v) is 6.96. The van der Waals surface area contributed by atoms with Crippen LogP contribution in [0.3, 0.4) is 0 Å². The van der Waals surface area contributed by atoms with Crippen molar-refractivity contribution in [3.8, 4) is 11.6 Å². The zero-order valence-electron chi connectivity index (χ0n) is 20.8. The summed E-state index contributed by atoms with van der Waals surface area (Å²) in [6, 6.07) is 5.77. The van der Waals surface area contributed by atoms with Crippen LogP contribution in [0.15, 0.2) is 27.9 Å². The van der Waals surface area contributed by atoms with E-state index in [1.165, 1.54) is 4.68 Å². The summed E-state index contributed by atoms with van der Waals surface area (Å²) >= 11 is 0. The second-order valence-electron chi connectivity index (χ2n) is 9.42. The zero-order valence-corrected chi connectivity index (χ0v) is 20.8. The lowest BCUT2D eigenvalue weighted by Gasteiger charge is -2.33. The fourth-order valence-corrected chi connectivity index (χ4v) is 4.91. The van der Waals surface area contributed by atoms with Gasteiger partial charge in [-0.15, -0.1) is 5.10 Å². The molecule has 13 nitrogen and oxygen atoms in total. The molecule has 3 aromatic rings. The van der Waals surface area contributed by atoms with Crippen molar-refractivity contribution in [2.45, 2.75) is 51.6 Å². The van der Waals surface area contributed by atoms with Crippen molar-refractivity contribution in [3.63, 3.8) is 0 Å². The molecular formula is C24H29N9O4. The molecule has 0 radical (unpaired) electrons. The number of hydrogen-bond donors (Lipinski definition) is 2. The number of Topliss-reactive ketones (excluding diaryl/α,β-unsaturated/α-hetero) is 1. The van der Waals surface area contributed by atoms with Gasteiger partial charge in [0.05, 0.1) is 12.8 Å². The second kappa shape index (κ2) is 10.5. The fraction of sp³-hybridized carbons (Fsp3) is 0.458. The van der Waals surface area contributed by atoms with E-state index in [0.29, 0.717) is 42.4 Å². The van der Waals surface area contributed by atoms with Gasteiger partial charge in [0.1, 0.15) is 5.75 Å². The van der Waals surface area contributed by atoms with Crippen molar-refractivity contribution >= 4 is 23.7 Å². The minimum absolute atomic E-state index is 0.0337. The predicted molar refractivity (Wildman–Crippen MR) is 132 cm³/mol. The lowest BCUT2D eigenvalue weighted by Crippen LogP contribution is -2.38. The Morgan fingerprint density at radius 3 is 2.95 bits per heavy atom. The van der Waals surface area contributed by atoms with E-state index in [2.05, 4.69) is 43.0 Å². The molecule has 0 bridgehead atoms. The number of carbonyl (C=O) groups is 2. The normalized spacial score (nSPS) is 20.2. The Morgan fingerprint density at radius 1 is 1.32 bits per heavy atom. The molecule has 3 heterocycles. The molecule has 2 aromatic heterocycles. The highest BCUT2D eigenvalue weighted by Crippen LogP contribution is 2.28. The number of benzene rings is 1. The van der Waals surface area contributed by atoms with Crippen molar-refractivity contribution in [2.24, 2.45) is 11.0 Å². The Labute approximate surface area is 213 Å². The first-order valence-corrected chi connectivity index (χ1v) is 12.2. The van der Waals surface area contributed by atoms with E-state index in [1.54, 1.807) is 25.5 Å². The van der Waals surface area contributed by atoms with Crippen molar-refractivity contribution < 1.29 is 19.0 Å². The van der Waals surface area contributed by atoms with E-state index < -0.39 is 5.91 Å². The zero-order chi connectivity index (χ0) is 25.9. The van der Waals surface area contributed by atoms with Gasteiger partial charge in [-0.25, -0.2) is 10.1 Å². The van der Waals surface area contributed by atoms with E-state index in [9.17, 15) is 9.59 Å². The third-order valence-electron chi connectivity index (χ3n) is 6.96. The molecule has 2 atom stereocenters. The molecule has 2 aliphatic rings. The lowest BCUT2D eigenvalue weighted by molar-refractivity contribution is 0.0944. The number of carbonyl (C=O) groups excluding carboxylic acids is 2. The van der Waals surface area contributed by atoms with Gasteiger partial charge in [-0.05, 0) is 66.8 Å². The number of likely N-dealkylation sites (tertiary alicyclic amines) is 1. The Hall–Kier alpha value is -4.13. The summed E-state index contributed by atoms with van der Waals surface area (Å²) in [5, 5.41) is 19.8. The lowest BCUT2D eigenvalue weighted by atomic mass is 9.83. The number of amides is 1. The number of aromatic nitrogens is 5. The molecule has 0 unspecified atom stereocenters. The molecule has 37 heavy (non-hydrogen) atoms. The second-order valence-corrected chi connectivity index (χ2v) is 9.42. The molecule has 0 spiro atoms. The number of piperidine rings is 1.